The number of nitrogens with zero attached hydrogens (tertiary/aromatic N) is 4. The van der Waals surface area contributed by atoms with Gasteiger partial charge in [-0.3, -0.25) is 4.68 Å². The molecule has 0 atom stereocenters. The summed E-state index contributed by atoms with van der Waals surface area (Å²) in [4.78, 5) is 8.24. The highest BCUT2D eigenvalue weighted by Gasteiger charge is 2.09. The lowest BCUT2D eigenvalue weighted by Gasteiger charge is -2.08. The maximum atomic E-state index is 5.60. The topological polar surface area (TPSA) is 81.7 Å². The van der Waals surface area contributed by atoms with Crippen LogP contribution in [-0.2, 0) is 7.05 Å². The Kier molecular flexibility index (Phi) is 3.22. The molecule has 0 spiro atoms. The lowest BCUT2D eigenvalue weighted by atomic mass is 10.2. The molecule has 0 amide bonds. The Morgan fingerprint density at radius 1 is 1.41 bits per heavy atom. The molecule has 0 aromatic carbocycles. The lowest BCUT2D eigenvalue weighted by Crippen LogP contribution is -2.06. The van der Waals surface area contributed by atoms with Gasteiger partial charge in [-0.05, 0) is 6.42 Å². The molecule has 6 nitrogen and oxygen atoms in total. The highest BCUT2D eigenvalue weighted by Crippen LogP contribution is 2.25. The third-order valence-corrected chi connectivity index (χ3v) is 2.37. The summed E-state index contributed by atoms with van der Waals surface area (Å²) in [6, 6.07) is 0. The maximum absolute atomic E-state index is 5.60. The summed E-state index contributed by atoms with van der Waals surface area (Å²) in [6.07, 6.45) is 6.45. The van der Waals surface area contributed by atoms with Gasteiger partial charge in [0.1, 0.15) is 5.82 Å². The van der Waals surface area contributed by atoms with Crippen molar-refractivity contribution in [3.8, 4) is 11.1 Å². The van der Waals surface area contributed by atoms with Crippen LogP contribution in [-0.4, -0.2) is 26.3 Å². The predicted molar refractivity (Wildman–Crippen MR) is 67.4 cm³/mol. The van der Waals surface area contributed by atoms with E-state index in [0.29, 0.717) is 0 Å². The van der Waals surface area contributed by atoms with E-state index in [2.05, 4.69) is 27.3 Å². The molecule has 90 valence electrons. The molecule has 0 saturated carbocycles. The molecular weight excluding hydrogens is 216 g/mol. The van der Waals surface area contributed by atoms with Crippen molar-refractivity contribution in [1.29, 1.82) is 0 Å². The zero-order valence-electron chi connectivity index (χ0n) is 10.0. The Morgan fingerprint density at radius 2 is 2.24 bits per heavy atom. The normalized spacial score (nSPS) is 10.5. The van der Waals surface area contributed by atoms with Crippen molar-refractivity contribution in [2.45, 2.75) is 13.3 Å². The Morgan fingerprint density at radius 3 is 2.88 bits per heavy atom. The van der Waals surface area contributed by atoms with Crippen molar-refractivity contribution in [3.05, 3.63) is 18.6 Å². The van der Waals surface area contributed by atoms with E-state index in [4.69, 9.17) is 5.73 Å². The minimum absolute atomic E-state index is 0.274. The monoisotopic (exact) mass is 232 g/mol. The van der Waals surface area contributed by atoms with Crippen LogP contribution in [0.2, 0.25) is 0 Å². The van der Waals surface area contributed by atoms with Crippen LogP contribution in [0.3, 0.4) is 0 Å². The van der Waals surface area contributed by atoms with Crippen LogP contribution in [0.25, 0.3) is 11.1 Å². The van der Waals surface area contributed by atoms with E-state index in [1.807, 2.05) is 13.2 Å². The van der Waals surface area contributed by atoms with Crippen molar-refractivity contribution in [3.63, 3.8) is 0 Å². The fourth-order valence-corrected chi connectivity index (χ4v) is 1.55. The van der Waals surface area contributed by atoms with Gasteiger partial charge < -0.3 is 11.1 Å². The number of nitrogens with two attached hydrogens (primary N) is 1. The first-order valence-corrected chi connectivity index (χ1v) is 5.56. The van der Waals surface area contributed by atoms with Crippen LogP contribution in [0.15, 0.2) is 18.6 Å². The second kappa shape index (κ2) is 4.82. The van der Waals surface area contributed by atoms with E-state index in [-0.39, 0.29) is 5.95 Å². The maximum Gasteiger partial charge on any atom is 0.221 e. The van der Waals surface area contributed by atoms with E-state index >= 15 is 0 Å². The SMILES string of the molecule is CCCNc1nc(N)ncc1-c1cnn(C)c1. The fourth-order valence-electron chi connectivity index (χ4n) is 1.55. The van der Waals surface area contributed by atoms with Gasteiger partial charge in [-0.25, -0.2) is 4.98 Å². The van der Waals surface area contributed by atoms with Crippen molar-refractivity contribution in [2.75, 3.05) is 17.6 Å². The number of nitrogens with one attached hydrogen (secondary N) is 1. The van der Waals surface area contributed by atoms with Gasteiger partial charge in [0.05, 0.1) is 6.20 Å². The predicted octanol–water partition coefficient (Wildman–Crippen LogP) is 1.28. The summed E-state index contributed by atoms with van der Waals surface area (Å²) in [5.74, 6) is 1.03. The summed E-state index contributed by atoms with van der Waals surface area (Å²) in [5.41, 5.74) is 7.49. The van der Waals surface area contributed by atoms with E-state index in [0.717, 1.165) is 29.9 Å². The highest BCUT2D eigenvalue weighted by molar-refractivity contribution is 5.74. The van der Waals surface area contributed by atoms with Gasteiger partial charge in [0.2, 0.25) is 5.95 Å². The quantitative estimate of drug-likeness (QED) is 0.829. The molecule has 2 aromatic rings. The number of anilines is 2. The van der Waals surface area contributed by atoms with Crippen LogP contribution in [0.1, 0.15) is 13.3 Å². The minimum atomic E-state index is 0.274. The molecule has 2 heterocycles. The number of aromatic nitrogens is 4. The van der Waals surface area contributed by atoms with Gasteiger partial charge in [-0.1, -0.05) is 6.92 Å². The standard InChI is InChI=1S/C11H16N6/c1-3-4-13-10-9(6-14-11(12)16-10)8-5-15-17(2)7-8/h5-7H,3-4H2,1-2H3,(H3,12,13,14,16). The summed E-state index contributed by atoms with van der Waals surface area (Å²) in [7, 11) is 1.88. The highest BCUT2D eigenvalue weighted by atomic mass is 15.2. The zero-order chi connectivity index (χ0) is 12.3. The van der Waals surface area contributed by atoms with E-state index in [9.17, 15) is 0 Å². The Balaban J connectivity index is 2.38. The third kappa shape index (κ3) is 2.52. The van der Waals surface area contributed by atoms with E-state index in [1.165, 1.54) is 0 Å². The van der Waals surface area contributed by atoms with Crippen molar-refractivity contribution in [1.82, 2.24) is 19.7 Å². The molecule has 3 N–H and O–H groups in total. The molecule has 0 saturated heterocycles. The van der Waals surface area contributed by atoms with Crippen LogP contribution in [0.4, 0.5) is 11.8 Å². The summed E-state index contributed by atoms with van der Waals surface area (Å²) in [6.45, 7) is 2.95. The second-order valence-corrected chi connectivity index (χ2v) is 3.82. The third-order valence-electron chi connectivity index (χ3n) is 2.37. The van der Waals surface area contributed by atoms with Crippen LogP contribution in [0, 0.1) is 0 Å². The summed E-state index contributed by atoms with van der Waals surface area (Å²) in [5, 5.41) is 7.38. The van der Waals surface area contributed by atoms with Gasteiger partial charge in [0.15, 0.2) is 0 Å². The molecule has 2 aromatic heterocycles. The fraction of sp³-hybridized carbons (Fsp3) is 0.364. The minimum Gasteiger partial charge on any atom is -0.369 e. The molecule has 0 aliphatic rings. The largest absolute Gasteiger partial charge is 0.369 e. The summed E-state index contributed by atoms with van der Waals surface area (Å²) >= 11 is 0. The number of hydrogen-bond acceptors (Lipinski definition) is 5. The van der Waals surface area contributed by atoms with Crippen molar-refractivity contribution >= 4 is 11.8 Å². The van der Waals surface area contributed by atoms with Gasteiger partial charge >= 0.3 is 0 Å². The first-order chi connectivity index (χ1) is 8.20. The Labute approximate surface area is 99.9 Å². The van der Waals surface area contributed by atoms with Crippen LogP contribution >= 0.6 is 0 Å². The average Bonchev–Trinajstić information content (AvgIpc) is 2.73. The number of nitrogen functional groups attached to an aromatic ring is 1. The van der Waals surface area contributed by atoms with E-state index in [1.54, 1.807) is 17.1 Å². The van der Waals surface area contributed by atoms with E-state index < -0.39 is 0 Å². The molecule has 0 unspecified atom stereocenters. The summed E-state index contributed by atoms with van der Waals surface area (Å²) < 4.78 is 1.75. The Hall–Kier alpha value is -2.11. The number of aryl methyl sites for hydroxylation is 1. The molecule has 0 bridgehead atoms. The smallest absolute Gasteiger partial charge is 0.221 e. The van der Waals surface area contributed by atoms with Gasteiger partial charge in [0, 0.05) is 37.1 Å². The number of rotatable bonds is 4. The molecule has 0 radical (unpaired) electrons. The van der Waals surface area contributed by atoms with Gasteiger partial charge in [-0.2, -0.15) is 10.1 Å². The van der Waals surface area contributed by atoms with Crippen LogP contribution in [0.5, 0.6) is 0 Å². The van der Waals surface area contributed by atoms with Crippen LogP contribution < -0.4 is 11.1 Å². The molecule has 17 heavy (non-hydrogen) atoms. The Bertz CT molecular complexity index is 504. The molecular formula is C11H16N6. The molecule has 0 aliphatic heterocycles. The van der Waals surface area contributed by atoms with Crippen molar-refractivity contribution in [2.24, 2.45) is 7.05 Å². The van der Waals surface area contributed by atoms with Gasteiger partial charge in [-0.15, -0.1) is 0 Å². The molecule has 6 heteroatoms. The molecule has 0 aliphatic carbocycles. The average molecular weight is 232 g/mol. The zero-order valence-corrected chi connectivity index (χ0v) is 10.0. The lowest BCUT2D eigenvalue weighted by molar-refractivity contribution is 0.768. The molecule has 0 fully saturated rings. The first-order valence-electron chi connectivity index (χ1n) is 5.56. The molecule has 2 rings (SSSR count). The second-order valence-electron chi connectivity index (χ2n) is 3.82. The first kappa shape index (κ1) is 11.4. The van der Waals surface area contributed by atoms with Crippen molar-refractivity contribution < 1.29 is 0 Å². The van der Waals surface area contributed by atoms with Gasteiger partial charge in [0.25, 0.3) is 0 Å². The number of hydrogen-bond donors (Lipinski definition) is 2.